The number of aromatic nitrogens is 2. The van der Waals surface area contributed by atoms with Gasteiger partial charge in [0.1, 0.15) is 18.0 Å². The van der Waals surface area contributed by atoms with Gasteiger partial charge < -0.3 is 5.32 Å². The van der Waals surface area contributed by atoms with Crippen LogP contribution in [0.3, 0.4) is 0 Å². The highest BCUT2D eigenvalue weighted by Gasteiger charge is 2.65. The quantitative estimate of drug-likeness (QED) is 0.909. The molecule has 3 fully saturated rings. The van der Waals surface area contributed by atoms with E-state index in [4.69, 9.17) is 0 Å². The normalized spacial score (nSPS) is 37.1. The Balaban J connectivity index is 1.49. The van der Waals surface area contributed by atoms with E-state index in [2.05, 4.69) is 15.3 Å². The fourth-order valence-corrected chi connectivity index (χ4v) is 4.82. The Labute approximate surface area is 116 Å². The van der Waals surface area contributed by atoms with Gasteiger partial charge in [-0.15, -0.1) is 0 Å². The Bertz CT molecular complexity index is 685. The van der Waals surface area contributed by atoms with E-state index in [9.17, 15) is 4.39 Å². The van der Waals surface area contributed by atoms with Crippen LogP contribution >= 0.6 is 0 Å². The van der Waals surface area contributed by atoms with Crippen molar-refractivity contribution in [3.63, 3.8) is 0 Å². The van der Waals surface area contributed by atoms with Crippen LogP contribution in [0.4, 0.5) is 10.2 Å². The lowest BCUT2D eigenvalue weighted by atomic mass is 10.0. The van der Waals surface area contributed by atoms with Gasteiger partial charge in [0, 0.05) is 11.4 Å². The third-order valence-corrected chi connectivity index (χ3v) is 5.64. The topological polar surface area (TPSA) is 37.8 Å². The highest BCUT2D eigenvalue weighted by molar-refractivity contribution is 5.89. The van der Waals surface area contributed by atoms with E-state index in [1.54, 1.807) is 12.4 Å². The van der Waals surface area contributed by atoms with E-state index in [1.807, 2.05) is 0 Å². The zero-order chi connectivity index (χ0) is 13.3. The third-order valence-electron chi connectivity index (χ3n) is 5.64. The smallest absolute Gasteiger partial charge is 0.137 e. The molecular formula is C16H16FN3. The summed E-state index contributed by atoms with van der Waals surface area (Å²) < 4.78 is 13.5. The Hall–Kier alpha value is -1.71. The summed E-state index contributed by atoms with van der Waals surface area (Å²) in [5.74, 6) is 4.10. The lowest BCUT2D eigenvalue weighted by molar-refractivity contribution is 0.456. The van der Waals surface area contributed by atoms with Gasteiger partial charge in [0.15, 0.2) is 0 Å². The molecule has 4 heteroatoms. The SMILES string of the molecule is Fc1ccc2ncnc(NC3C4C5CCC(C5)C34)c2c1. The third kappa shape index (κ3) is 1.39. The molecule has 20 heavy (non-hydrogen) atoms. The van der Waals surface area contributed by atoms with Gasteiger partial charge in [-0.3, -0.25) is 0 Å². The first-order chi connectivity index (χ1) is 9.81. The van der Waals surface area contributed by atoms with Gasteiger partial charge in [0.25, 0.3) is 0 Å². The van der Waals surface area contributed by atoms with Crippen LogP contribution in [0.2, 0.25) is 0 Å². The first-order valence-corrected chi connectivity index (χ1v) is 7.48. The predicted octanol–water partition coefficient (Wildman–Crippen LogP) is 3.23. The average molecular weight is 269 g/mol. The Kier molecular flexibility index (Phi) is 2.03. The number of hydrogen-bond donors (Lipinski definition) is 1. The molecule has 3 nitrogen and oxygen atoms in total. The summed E-state index contributed by atoms with van der Waals surface area (Å²) in [5, 5.41) is 4.37. The molecule has 3 aliphatic carbocycles. The first kappa shape index (κ1) is 11.0. The number of benzene rings is 1. The van der Waals surface area contributed by atoms with Gasteiger partial charge in [-0.1, -0.05) is 0 Å². The highest BCUT2D eigenvalue weighted by Crippen LogP contribution is 2.66. The maximum atomic E-state index is 13.5. The van der Waals surface area contributed by atoms with Crippen LogP contribution in [-0.2, 0) is 0 Å². The molecule has 102 valence electrons. The number of nitrogens with zero attached hydrogens (tertiary/aromatic N) is 2. The van der Waals surface area contributed by atoms with Gasteiger partial charge in [-0.2, -0.15) is 0 Å². The molecule has 4 unspecified atom stereocenters. The van der Waals surface area contributed by atoms with Gasteiger partial charge in [-0.25, -0.2) is 14.4 Å². The molecule has 0 saturated heterocycles. The van der Waals surface area contributed by atoms with Crippen molar-refractivity contribution in [2.75, 3.05) is 5.32 Å². The largest absolute Gasteiger partial charge is 0.366 e. The monoisotopic (exact) mass is 269 g/mol. The van der Waals surface area contributed by atoms with Crippen molar-refractivity contribution < 1.29 is 4.39 Å². The van der Waals surface area contributed by atoms with E-state index in [0.29, 0.717) is 6.04 Å². The maximum absolute atomic E-state index is 13.5. The van der Waals surface area contributed by atoms with E-state index in [0.717, 1.165) is 40.4 Å². The maximum Gasteiger partial charge on any atom is 0.137 e. The molecule has 0 radical (unpaired) electrons. The van der Waals surface area contributed by atoms with Crippen molar-refractivity contribution in [1.82, 2.24) is 9.97 Å². The number of rotatable bonds is 2. The number of hydrogen-bond acceptors (Lipinski definition) is 3. The summed E-state index contributed by atoms with van der Waals surface area (Å²) >= 11 is 0. The predicted molar refractivity (Wildman–Crippen MR) is 74.7 cm³/mol. The highest BCUT2D eigenvalue weighted by atomic mass is 19.1. The lowest BCUT2D eigenvalue weighted by Crippen LogP contribution is -2.14. The summed E-state index contributed by atoms with van der Waals surface area (Å²) in [6.45, 7) is 0. The van der Waals surface area contributed by atoms with Crippen LogP contribution in [-0.4, -0.2) is 16.0 Å². The number of fused-ring (bicyclic) bond motifs is 6. The van der Waals surface area contributed by atoms with Gasteiger partial charge >= 0.3 is 0 Å². The van der Waals surface area contributed by atoms with Crippen LogP contribution in [0.15, 0.2) is 24.5 Å². The Morgan fingerprint density at radius 1 is 1.10 bits per heavy atom. The Morgan fingerprint density at radius 2 is 1.90 bits per heavy atom. The molecule has 0 spiro atoms. The fourth-order valence-electron chi connectivity index (χ4n) is 4.82. The van der Waals surface area contributed by atoms with Gasteiger partial charge in [0.2, 0.25) is 0 Å². The van der Waals surface area contributed by atoms with Gasteiger partial charge in [0.05, 0.1) is 5.52 Å². The minimum Gasteiger partial charge on any atom is -0.366 e. The van der Waals surface area contributed by atoms with Crippen LogP contribution in [0.5, 0.6) is 0 Å². The molecule has 1 aromatic carbocycles. The molecule has 4 atom stereocenters. The minimum atomic E-state index is -0.230. The summed E-state index contributed by atoms with van der Waals surface area (Å²) in [5.41, 5.74) is 0.803. The van der Waals surface area contributed by atoms with Crippen molar-refractivity contribution in [1.29, 1.82) is 0 Å². The Morgan fingerprint density at radius 3 is 2.70 bits per heavy atom. The van der Waals surface area contributed by atoms with Crippen LogP contribution in [0, 0.1) is 29.5 Å². The molecular weight excluding hydrogens is 253 g/mol. The molecule has 3 aliphatic rings. The van der Waals surface area contributed by atoms with Crippen molar-refractivity contribution in [3.05, 3.63) is 30.3 Å². The summed E-state index contributed by atoms with van der Waals surface area (Å²) in [4.78, 5) is 8.54. The van der Waals surface area contributed by atoms with Gasteiger partial charge in [-0.05, 0) is 61.1 Å². The number of anilines is 1. The lowest BCUT2D eigenvalue weighted by Gasteiger charge is -2.12. The summed E-state index contributed by atoms with van der Waals surface area (Å²) in [6.07, 6.45) is 5.81. The minimum absolute atomic E-state index is 0.230. The molecule has 2 bridgehead atoms. The van der Waals surface area contributed by atoms with Crippen molar-refractivity contribution in [2.45, 2.75) is 25.3 Å². The van der Waals surface area contributed by atoms with Crippen molar-refractivity contribution in [3.8, 4) is 0 Å². The summed E-state index contributed by atoms with van der Waals surface area (Å²) in [6, 6.07) is 5.26. The van der Waals surface area contributed by atoms with Crippen LogP contribution < -0.4 is 5.32 Å². The van der Waals surface area contributed by atoms with Crippen molar-refractivity contribution in [2.24, 2.45) is 23.7 Å². The van der Waals surface area contributed by atoms with E-state index < -0.39 is 0 Å². The zero-order valence-electron chi connectivity index (χ0n) is 11.1. The molecule has 3 saturated carbocycles. The standard InChI is InChI=1S/C16H16FN3/c17-10-3-4-12-11(6-10)16(19-7-18-12)20-15-13-8-1-2-9(5-8)14(13)15/h3-4,6-9,13-15H,1-2,5H2,(H,18,19,20). The molecule has 5 rings (SSSR count). The number of halogens is 1. The van der Waals surface area contributed by atoms with E-state index in [-0.39, 0.29) is 5.82 Å². The zero-order valence-corrected chi connectivity index (χ0v) is 11.1. The first-order valence-electron chi connectivity index (χ1n) is 7.48. The van der Waals surface area contributed by atoms with Crippen LogP contribution in [0.1, 0.15) is 19.3 Å². The van der Waals surface area contributed by atoms with E-state index in [1.165, 1.54) is 31.4 Å². The second-order valence-corrected chi connectivity index (χ2v) is 6.54. The van der Waals surface area contributed by atoms with E-state index >= 15 is 0 Å². The van der Waals surface area contributed by atoms with Crippen molar-refractivity contribution >= 4 is 16.7 Å². The average Bonchev–Trinajstić information content (AvgIpc) is 2.84. The second kappa shape index (κ2) is 3.68. The molecule has 2 aromatic rings. The molecule has 1 heterocycles. The summed E-state index contributed by atoms with van der Waals surface area (Å²) in [7, 11) is 0. The molecule has 1 N–H and O–H groups in total. The molecule has 0 amide bonds. The molecule has 0 aliphatic heterocycles. The second-order valence-electron chi connectivity index (χ2n) is 6.54. The number of nitrogens with one attached hydrogen (secondary N) is 1. The van der Waals surface area contributed by atoms with Crippen LogP contribution in [0.25, 0.3) is 10.9 Å². The fraction of sp³-hybridized carbons (Fsp3) is 0.500. The molecule has 1 aromatic heterocycles.